The van der Waals surface area contributed by atoms with Crippen LogP contribution in [0.1, 0.15) is 139 Å². The minimum atomic E-state index is -1.92. The predicted molar refractivity (Wildman–Crippen MR) is 481 cm³/mol. The van der Waals surface area contributed by atoms with Gasteiger partial charge in [-0.05, 0) is 105 Å². The number of amides is 17. The summed E-state index contributed by atoms with van der Waals surface area (Å²) in [5.74, 6) is -19.9. The van der Waals surface area contributed by atoms with Crippen molar-refractivity contribution < 1.29 is 102 Å². The number of Topliss-reactive ketones (excluding diaryl/α,β-unsaturated/α-hetero) is 1. The highest BCUT2D eigenvalue weighted by Gasteiger charge is 2.47. The average Bonchev–Trinajstić information content (AvgIpc) is 1.72. The summed E-state index contributed by atoms with van der Waals surface area (Å²) in [6.45, 7) is 3.64. The maximum absolute atomic E-state index is 15.7. The number of phenols is 1. The summed E-state index contributed by atoms with van der Waals surface area (Å²) in [5, 5.41) is 67.1. The molecule has 0 spiro atoms. The molecule has 133 heavy (non-hydrogen) atoms. The zero-order chi connectivity index (χ0) is 97.2. The fourth-order valence-electron chi connectivity index (χ4n) is 16.4. The number of para-hydroxylation sites is 1. The smallest absolute Gasteiger partial charge is 0.246 e. The number of aromatic hydroxyl groups is 1. The molecule has 43 nitrogen and oxygen atoms in total. The van der Waals surface area contributed by atoms with Gasteiger partial charge in [-0.1, -0.05) is 69.9 Å². The lowest BCUT2D eigenvalue weighted by atomic mass is 9.90. The number of fused-ring (bicyclic) bond motifs is 4. The van der Waals surface area contributed by atoms with Crippen molar-refractivity contribution in [3.8, 4) is 11.8 Å². The molecule has 3 aliphatic rings. The highest BCUT2D eigenvalue weighted by Crippen LogP contribution is 2.30. The molecule has 3 saturated heterocycles. The van der Waals surface area contributed by atoms with Crippen molar-refractivity contribution in [1.29, 1.82) is 5.26 Å². The number of hydrogen-bond acceptors (Lipinski definition) is 24. The first-order valence-corrected chi connectivity index (χ1v) is 45.1. The molecule has 9 rings (SSSR count). The molecule has 3 aromatic carbocycles. The Morgan fingerprint density at radius 1 is 0.586 bits per heavy atom. The number of hydrogen-bond donors (Lipinski definition) is 18. The van der Waals surface area contributed by atoms with E-state index in [1.165, 1.54) is 78.0 Å². The van der Waals surface area contributed by atoms with Crippen LogP contribution in [0.5, 0.6) is 5.75 Å². The number of carbonyl (C=O) groups excluding carboxylic acids is 18. The van der Waals surface area contributed by atoms with E-state index in [2.05, 4.69) is 73.9 Å². The number of nitrogens with zero attached hydrogens (tertiary/aromatic N) is 7. The fourth-order valence-corrected chi connectivity index (χ4v) is 17.2. The van der Waals surface area contributed by atoms with Gasteiger partial charge in [0, 0.05) is 131 Å². The number of imidazole rings is 1. The van der Waals surface area contributed by atoms with Gasteiger partial charge in [-0.15, -0.1) is 11.8 Å². The third kappa shape index (κ3) is 27.9. The molecule has 0 bridgehead atoms. The number of ketones is 1. The van der Waals surface area contributed by atoms with Crippen LogP contribution in [0.4, 0.5) is 0 Å². The maximum Gasteiger partial charge on any atom is 0.246 e. The van der Waals surface area contributed by atoms with E-state index in [1.54, 1.807) is 48.7 Å². The minimum Gasteiger partial charge on any atom is -0.508 e. The first-order chi connectivity index (χ1) is 63.3. The summed E-state index contributed by atoms with van der Waals surface area (Å²) in [4.78, 5) is 279. The lowest BCUT2D eigenvalue weighted by Gasteiger charge is -2.36. The number of carbonyl (C=O) groups is 18. The number of rotatable bonds is 23. The number of unbranched alkanes of at least 4 members (excludes halogenated alkanes) is 2. The molecule has 3 aliphatic heterocycles. The quantitative estimate of drug-likeness (QED) is 0.0304. The van der Waals surface area contributed by atoms with Crippen molar-refractivity contribution in [3.05, 3.63) is 120 Å². The molecule has 6 aromatic rings. The average molecular weight is 1860 g/mol. The van der Waals surface area contributed by atoms with Crippen molar-refractivity contribution >= 4 is 140 Å². The van der Waals surface area contributed by atoms with E-state index in [1.807, 2.05) is 13.8 Å². The van der Waals surface area contributed by atoms with Crippen LogP contribution in [0.2, 0.25) is 0 Å². The van der Waals surface area contributed by atoms with E-state index in [0.29, 0.717) is 64.2 Å². The first kappa shape index (κ1) is 103. The molecular formula is C89H118N22O21S. The number of aromatic amines is 3. The molecule has 1 unspecified atom stereocenters. The number of likely N-dealkylation sites (N-methyl/N-ethyl adjacent to an activating group) is 3. The van der Waals surface area contributed by atoms with Gasteiger partial charge in [0.05, 0.1) is 55.4 Å². The van der Waals surface area contributed by atoms with Gasteiger partial charge < -0.3 is 120 Å². The van der Waals surface area contributed by atoms with Crippen molar-refractivity contribution in [1.82, 2.24) is 92.3 Å². The number of thioether (sulfide) groups is 1. The Balaban J connectivity index is 1.09. The van der Waals surface area contributed by atoms with Gasteiger partial charge in [-0.3, -0.25) is 86.3 Å². The SMILES string of the molecule is CCCC[C@H]1C(=O)N(C)[C@@H](CCCC)C(=O)N[C@@H](C)C(=O)N[C@H](C(=O)NCC(N)=O)CSCC(=O)N[C@@H](Cc2ccc(O)cc2)C(=O)N(C)[C@@H](C)C(=O)N[C@@H](CC(N)=O)C(=O)N2CCCC2C(=O)N[C@@H](Cc2cnc[nH]2)C(=O)N[C@@H](CCC(N)=O)C(=O)N2C[C@H](O)C[C@H]2C(=O)C[C@@H](Cc2c[nH]c3ccccc23)C(=O)N[C@@H](CO)C(=O)N[C@@H](Cc2c[nH]c3ccc(C#N)cc23)C(=O)N1C. The molecule has 17 amide bonds. The van der Waals surface area contributed by atoms with Gasteiger partial charge in [0.25, 0.3) is 0 Å². The second-order valence-electron chi connectivity index (χ2n) is 33.7. The first-order valence-electron chi connectivity index (χ1n) is 44.0. The summed E-state index contributed by atoms with van der Waals surface area (Å²) >= 11 is 0.763. The number of aliphatic hydroxyl groups excluding tert-OH is 2. The van der Waals surface area contributed by atoms with E-state index >= 15 is 33.6 Å². The fraction of sp³-hybridized carbons (Fsp3) is 0.506. The highest BCUT2D eigenvalue weighted by atomic mass is 32.2. The second-order valence-corrected chi connectivity index (χ2v) is 34.7. The molecule has 716 valence electrons. The molecule has 3 aromatic heterocycles. The summed E-state index contributed by atoms with van der Waals surface area (Å²) in [6, 6.07) is -1.39. The molecule has 21 N–H and O–H groups in total. The molecule has 0 radical (unpaired) electrons. The maximum atomic E-state index is 15.7. The van der Waals surface area contributed by atoms with Crippen LogP contribution < -0.4 is 65.1 Å². The van der Waals surface area contributed by atoms with Crippen LogP contribution in [0, 0.1) is 17.2 Å². The third-order valence-corrected chi connectivity index (χ3v) is 25.0. The Bertz CT molecular complexity index is 5290. The number of nitrogens with one attached hydrogen (secondary N) is 12. The number of phenolic OH excluding ortho intramolecular Hbond substituents is 1. The lowest BCUT2D eigenvalue weighted by molar-refractivity contribution is -0.149. The van der Waals surface area contributed by atoms with Crippen molar-refractivity contribution in [2.24, 2.45) is 23.1 Å². The predicted octanol–water partition coefficient (Wildman–Crippen LogP) is -2.99. The molecule has 6 heterocycles. The lowest BCUT2D eigenvalue weighted by Crippen LogP contribution is -2.60. The van der Waals surface area contributed by atoms with Gasteiger partial charge in [-0.2, -0.15) is 5.26 Å². The van der Waals surface area contributed by atoms with Crippen LogP contribution in [-0.4, -0.2) is 309 Å². The third-order valence-electron chi connectivity index (χ3n) is 23.9. The van der Waals surface area contributed by atoms with Crippen molar-refractivity contribution in [3.63, 3.8) is 0 Å². The minimum absolute atomic E-state index is 0.00379. The normalized spacial score (nSPS) is 24.9. The van der Waals surface area contributed by atoms with Crippen LogP contribution in [-0.2, 0) is 112 Å². The van der Waals surface area contributed by atoms with Gasteiger partial charge in [0.1, 0.15) is 78.3 Å². The highest BCUT2D eigenvalue weighted by molar-refractivity contribution is 8.00. The Morgan fingerprint density at radius 2 is 1.20 bits per heavy atom. The summed E-state index contributed by atoms with van der Waals surface area (Å²) < 4.78 is 0. The number of nitrogens with two attached hydrogens (primary N) is 3. The van der Waals surface area contributed by atoms with E-state index < -0.39 is 260 Å². The Labute approximate surface area is 770 Å². The summed E-state index contributed by atoms with van der Waals surface area (Å²) in [5.41, 5.74) is 19.6. The van der Waals surface area contributed by atoms with E-state index in [9.17, 15) is 73.3 Å². The van der Waals surface area contributed by atoms with Gasteiger partial charge in [0.15, 0.2) is 5.78 Å². The summed E-state index contributed by atoms with van der Waals surface area (Å²) in [7, 11) is 3.84. The zero-order valence-electron chi connectivity index (χ0n) is 75.0. The topological polar surface area (TPSA) is 655 Å². The monoisotopic (exact) mass is 1860 g/mol. The van der Waals surface area contributed by atoms with E-state index in [-0.39, 0.29) is 74.9 Å². The Kier molecular flexibility index (Phi) is 37.4. The van der Waals surface area contributed by atoms with Crippen LogP contribution in [0.3, 0.4) is 0 Å². The number of H-pyrrole nitrogens is 3. The zero-order valence-corrected chi connectivity index (χ0v) is 75.9. The molecule has 0 aliphatic carbocycles. The number of nitriles is 1. The second kappa shape index (κ2) is 48.4. The van der Waals surface area contributed by atoms with Gasteiger partial charge in [0.2, 0.25) is 100 Å². The van der Waals surface area contributed by atoms with Crippen LogP contribution in [0.15, 0.2) is 91.6 Å². The van der Waals surface area contributed by atoms with Crippen LogP contribution in [0.25, 0.3) is 21.8 Å². The molecule has 0 saturated carbocycles. The van der Waals surface area contributed by atoms with Gasteiger partial charge >= 0.3 is 0 Å². The number of benzene rings is 3. The Morgan fingerprint density at radius 3 is 1.86 bits per heavy atom. The molecule has 3 fully saturated rings. The Hall–Kier alpha value is -13.8. The largest absolute Gasteiger partial charge is 0.508 e. The van der Waals surface area contributed by atoms with Gasteiger partial charge in [-0.25, -0.2) is 4.98 Å². The van der Waals surface area contributed by atoms with Crippen molar-refractivity contribution in [2.45, 2.75) is 221 Å². The number of aliphatic hydroxyl groups is 2. The van der Waals surface area contributed by atoms with Crippen molar-refractivity contribution in [2.75, 3.05) is 58.9 Å². The van der Waals surface area contributed by atoms with E-state index in [4.69, 9.17) is 17.2 Å². The van der Waals surface area contributed by atoms with E-state index in [0.717, 1.165) is 36.3 Å². The molecular weight excluding hydrogens is 1750 g/mol. The molecule has 15 atom stereocenters. The van der Waals surface area contributed by atoms with Crippen LogP contribution >= 0.6 is 11.8 Å². The standard InChI is InChI=1S/C89H118N22O21S/c1-8-10-17-68-83(126)99-47(3)77(120)106-67(80(123)97-41-75(93)118)44-133-45-76(119)100-63(30-49-20-23-55(113)24-21-49)85(128)107(5)48(4)78(121)103-65(36-74(92)117)88(131)110-28-14-19-69(110)84(127)102-62(34-54-40-94-46-98-54)81(124)101-61(26-27-73(91)116)87(130)111-42-56(114)35-71(111)72(115)33-51(31-52-38-95-59-16-13-12-15-57(52)59)79(122)105-66(43-112)82(125)104-64(32-53-39-96-60-25-22-50(37-90)29-58(53)60)86(129)109(7)70(18-11-9-2)89(132)108(68)6/h12-13,15-16,20-25,29,38-40,46-48,51,56,61-71,95-96,112-114H,8-11,14,17-19,26-28,30-36,41-45H2,1-7H3,(H2,91,116)(H2,92,117)(H2,93,118)(H,94,98)(H,97,123)(H,99,126)(H,100,119)(H,101,124)(H,102,127)(H,103,121)(H,104,125)(H,105,122)(H,106,120)/t47-,48-,51+,56+,61-,62-,63-,64-,65-,66-,67-,68-,69?,70-,71-/m0/s1. The number of aromatic nitrogens is 4. The summed E-state index contributed by atoms with van der Waals surface area (Å²) in [6.07, 6.45) is 1.60. The number of primary amides is 3. The molecule has 44 heteroatoms.